The van der Waals surface area contributed by atoms with Crippen LogP contribution in [0.15, 0.2) is 61.2 Å². The van der Waals surface area contributed by atoms with E-state index in [0.29, 0.717) is 12.4 Å². The number of nitrogens with one attached hydrogen (secondary N) is 2. The lowest BCUT2D eigenvalue weighted by Gasteiger charge is -2.08. The predicted octanol–water partition coefficient (Wildman–Crippen LogP) is 3.21. The van der Waals surface area contributed by atoms with E-state index in [1.807, 2.05) is 42.5 Å². The Morgan fingerprint density at radius 1 is 1.15 bits per heavy atom. The molecule has 5 nitrogen and oxygen atoms in total. The van der Waals surface area contributed by atoms with Crippen molar-refractivity contribution < 1.29 is 4.74 Å². The van der Waals surface area contributed by atoms with Crippen molar-refractivity contribution in [3.8, 4) is 11.6 Å². The molecule has 0 unspecified atom stereocenters. The number of anilines is 1. The molecule has 0 spiro atoms. The molecular formula is C15H14N4O. The van der Waals surface area contributed by atoms with Crippen LogP contribution in [0.1, 0.15) is 5.69 Å². The molecule has 0 saturated heterocycles. The van der Waals surface area contributed by atoms with Gasteiger partial charge in [-0.15, -0.1) is 0 Å². The van der Waals surface area contributed by atoms with Crippen LogP contribution in [0.5, 0.6) is 11.6 Å². The highest BCUT2D eigenvalue weighted by Gasteiger charge is 2.00. The molecule has 0 aliphatic heterocycles. The zero-order chi connectivity index (χ0) is 13.6. The Kier molecular flexibility index (Phi) is 3.59. The van der Waals surface area contributed by atoms with Crippen molar-refractivity contribution in [2.75, 3.05) is 5.32 Å². The van der Waals surface area contributed by atoms with Crippen LogP contribution < -0.4 is 10.1 Å². The van der Waals surface area contributed by atoms with Crippen LogP contribution >= 0.6 is 0 Å². The lowest BCUT2D eigenvalue weighted by atomic mass is 10.3. The fourth-order valence-corrected chi connectivity index (χ4v) is 1.76. The molecule has 0 fully saturated rings. The number of hydrogen-bond acceptors (Lipinski definition) is 4. The van der Waals surface area contributed by atoms with Crippen LogP contribution in [0.25, 0.3) is 0 Å². The molecule has 0 saturated carbocycles. The number of aromatic amines is 1. The molecule has 0 amide bonds. The number of imidazole rings is 1. The quantitative estimate of drug-likeness (QED) is 0.744. The highest BCUT2D eigenvalue weighted by atomic mass is 16.5. The van der Waals surface area contributed by atoms with Crippen LogP contribution in [0.2, 0.25) is 0 Å². The molecule has 3 rings (SSSR count). The van der Waals surface area contributed by atoms with Crippen LogP contribution in [0.4, 0.5) is 5.69 Å². The number of nitrogens with zero attached hydrogens (tertiary/aromatic N) is 2. The van der Waals surface area contributed by atoms with Crippen molar-refractivity contribution in [2.45, 2.75) is 6.54 Å². The Bertz CT molecular complexity index is 653. The summed E-state index contributed by atoms with van der Waals surface area (Å²) in [7, 11) is 0. The summed E-state index contributed by atoms with van der Waals surface area (Å²) in [6.07, 6.45) is 5.16. The third-order valence-electron chi connectivity index (χ3n) is 2.74. The average Bonchev–Trinajstić information content (AvgIpc) is 3.00. The summed E-state index contributed by atoms with van der Waals surface area (Å²) in [5.74, 6) is 1.33. The largest absolute Gasteiger partial charge is 0.439 e. The van der Waals surface area contributed by atoms with E-state index in [0.717, 1.165) is 17.1 Å². The van der Waals surface area contributed by atoms with Crippen LogP contribution in [0, 0.1) is 0 Å². The van der Waals surface area contributed by atoms with E-state index < -0.39 is 0 Å². The summed E-state index contributed by atoms with van der Waals surface area (Å²) in [5.41, 5.74) is 1.97. The van der Waals surface area contributed by atoms with E-state index in [2.05, 4.69) is 20.3 Å². The zero-order valence-electron chi connectivity index (χ0n) is 10.8. The monoisotopic (exact) mass is 266 g/mol. The molecule has 3 aromatic rings. The number of para-hydroxylation sites is 1. The van der Waals surface area contributed by atoms with Crippen molar-refractivity contribution >= 4 is 5.69 Å². The average molecular weight is 266 g/mol. The van der Waals surface area contributed by atoms with Gasteiger partial charge in [0.25, 0.3) is 0 Å². The zero-order valence-corrected chi connectivity index (χ0v) is 10.8. The maximum atomic E-state index is 5.68. The van der Waals surface area contributed by atoms with Gasteiger partial charge < -0.3 is 15.0 Å². The SMILES string of the molecule is c1ccc(Oc2cc(NCc3cnc[nH]3)ccn2)cc1. The van der Waals surface area contributed by atoms with Gasteiger partial charge in [0.1, 0.15) is 5.75 Å². The predicted molar refractivity (Wildman–Crippen MR) is 76.7 cm³/mol. The van der Waals surface area contributed by atoms with Gasteiger partial charge in [-0.3, -0.25) is 0 Å². The molecule has 0 radical (unpaired) electrons. The highest BCUT2D eigenvalue weighted by molar-refractivity contribution is 5.46. The standard InChI is InChI=1S/C15H14N4O/c1-2-4-14(5-3-1)20-15-8-12(6-7-17-15)18-10-13-9-16-11-19-13/h1-9,11H,10H2,(H,16,19)(H,17,18). The van der Waals surface area contributed by atoms with Crippen molar-refractivity contribution in [3.63, 3.8) is 0 Å². The molecular weight excluding hydrogens is 252 g/mol. The molecule has 0 aliphatic rings. The van der Waals surface area contributed by atoms with Crippen molar-refractivity contribution in [1.82, 2.24) is 15.0 Å². The topological polar surface area (TPSA) is 62.8 Å². The minimum Gasteiger partial charge on any atom is -0.439 e. The minimum atomic E-state index is 0.561. The van der Waals surface area contributed by atoms with E-state index in [9.17, 15) is 0 Å². The van der Waals surface area contributed by atoms with Gasteiger partial charge in [-0.2, -0.15) is 0 Å². The fraction of sp³-hybridized carbons (Fsp3) is 0.0667. The van der Waals surface area contributed by atoms with Gasteiger partial charge in [-0.25, -0.2) is 9.97 Å². The normalized spacial score (nSPS) is 10.2. The Labute approximate surface area is 116 Å². The third-order valence-corrected chi connectivity index (χ3v) is 2.74. The van der Waals surface area contributed by atoms with Crippen molar-refractivity contribution in [2.24, 2.45) is 0 Å². The first-order valence-electron chi connectivity index (χ1n) is 6.30. The van der Waals surface area contributed by atoms with Gasteiger partial charge in [-0.05, 0) is 18.2 Å². The molecule has 5 heteroatoms. The van der Waals surface area contributed by atoms with Crippen molar-refractivity contribution in [3.05, 3.63) is 66.9 Å². The Balaban J connectivity index is 1.66. The maximum Gasteiger partial charge on any atom is 0.221 e. The summed E-state index contributed by atoms with van der Waals surface area (Å²) in [5, 5.41) is 3.28. The number of H-pyrrole nitrogens is 1. The first-order chi connectivity index (χ1) is 9.90. The second-order valence-corrected chi connectivity index (χ2v) is 4.23. The highest BCUT2D eigenvalue weighted by Crippen LogP contribution is 2.21. The van der Waals surface area contributed by atoms with E-state index in [1.54, 1.807) is 18.7 Å². The number of pyridine rings is 1. The van der Waals surface area contributed by atoms with E-state index >= 15 is 0 Å². The first-order valence-corrected chi connectivity index (χ1v) is 6.30. The Morgan fingerprint density at radius 2 is 2.05 bits per heavy atom. The summed E-state index contributed by atoms with van der Waals surface area (Å²) in [6.45, 7) is 0.675. The molecule has 1 aromatic carbocycles. The van der Waals surface area contributed by atoms with Gasteiger partial charge in [0, 0.05) is 24.1 Å². The second-order valence-electron chi connectivity index (χ2n) is 4.23. The van der Waals surface area contributed by atoms with Gasteiger partial charge >= 0.3 is 0 Å². The first kappa shape index (κ1) is 12.2. The van der Waals surface area contributed by atoms with Crippen LogP contribution in [-0.4, -0.2) is 15.0 Å². The van der Waals surface area contributed by atoms with Gasteiger partial charge in [0.05, 0.1) is 18.6 Å². The second kappa shape index (κ2) is 5.88. The molecule has 2 N–H and O–H groups in total. The number of benzene rings is 1. The summed E-state index contributed by atoms with van der Waals surface area (Å²) in [6, 6.07) is 13.4. The molecule has 100 valence electrons. The number of rotatable bonds is 5. The maximum absolute atomic E-state index is 5.68. The summed E-state index contributed by atoms with van der Waals surface area (Å²) in [4.78, 5) is 11.2. The molecule has 2 heterocycles. The molecule has 2 aromatic heterocycles. The molecule has 20 heavy (non-hydrogen) atoms. The molecule has 0 atom stereocenters. The third kappa shape index (κ3) is 3.14. The van der Waals surface area contributed by atoms with Crippen LogP contribution in [0.3, 0.4) is 0 Å². The smallest absolute Gasteiger partial charge is 0.221 e. The number of hydrogen-bond donors (Lipinski definition) is 2. The molecule has 0 aliphatic carbocycles. The van der Waals surface area contributed by atoms with Gasteiger partial charge in [-0.1, -0.05) is 18.2 Å². The summed E-state index contributed by atoms with van der Waals surface area (Å²) < 4.78 is 5.68. The fourth-order valence-electron chi connectivity index (χ4n) is 1.76. The molecule has 0 bridgehead atoms. The lowest BCUT2D eigenvalue weighted by Crippen LogP contribution is -2.00. The Hall–Kier alpha value is -2.82. The number of aromatic nitrogens is 3. The lowest BCUT2D eigenvalue weighted by molar-refractivity contribution is 0.463. The van der Waals surface area contributed by atoms with Gasteiger partial charge in [0.2, 0.25) is 5.88 Å². The van der Waals surface area contributed by atoms with Crippen LogP contribution in [-0.2, 0) is 6.54 Å². The van der Waals surface area contributed by atoms with E-state index in [4.69, 9.17) is 4.74 Å². The minimum absolute atomic E-state index is 0.561. The van der Waals surface area contributed by atoms with E-state index in [1.165, 1.54) is 0 Å². The summed E-state index contributed by atoms with van der Waals surface area (Å²) >= 11 is 0. The Morgan fingerprint density at radius 3 is 2.85 bits per heavy atom. The van der Waals surface area contributed by atoms with E-state index in [-0.39, 0.29) is 0 Å². The number of ether oxygens (including phenoxy) is 1. The van der Waals surface area contributed by atoms with Crippen molar-refractivity contribution in [1.29, 1.82) is 0 Å². The van der Waals surface area contributed by atoms with Gasteiger partial charge in [0.15, 0.2) is 0 Å².